The van der Waals surface area contributed by atoms with Crippen molar-refractivity contribution in [2.75, 3.05) is 10.6 Å². The molecule has 1 aliphatic rings. The molecular formula is C17H15N3. The van der Waals surface area contributed by atoms with E-state index < -0.39 is 0 Å². The number of pyridine rings is 1. The first kappa shape index (κ1) is 11.3. The van der Waals surface area contributed by atoms with Crippen LogP contribution >= 0.6 is 0 Å². The zero-order valence-corrected chi connectivity index (χ0v) is 11.1. The fraction of sp³-hybridized carbons (Fsp3) is 0.118. The quantitative estimate of drug-likeness (QED) is 0.683. The molecule has 4 rings (SSSR count). The minimum atomic E-state index is 0.808. The molecule has 2 aromatic carbocycles. The van der Waals surface area contributed by atoms with E-state index in [1.54, 1.807) is 6.20 Å². The number of anilines is 2. The molecule has 98 valence electrons. The lowest BCUT2D eigenvalue weighted by atomic mass is 10.1. The summed E-state index contributed by atoms with van der Waals surface area (Å²) in [6.07, 6.45) is 3.70. The van der Waals surface area contributed by atoms with Crippen LogP contribution in [0.4, 0.5) is 11.4 Å². The van der Waals surface area contributed by atoms with Crippen LogP contribution in [0, 0.1) is 0 Å². The van der Waals surface area contributed by atoms with Gasteiger partial charge in [-0.25, -0.2) is 0 Å². The van der Waals surface area contributed by atoms with Crippen LogP contribution in [0.1, 0.15) is 11.1 Å². The highest BCUT2D eigenvalue weighted by Crippen LogP contribution is 2.35. The highest BCUT2D eigenvalue weighted by molar-refractivity contribution is 6.00. The van der Waals surface area contributed by atoms with Gasteiger partial charge in [0.25, 0.3) is 0 Å². The SMILES string of the molecule is Nc1ccc(N2Cc3ccccc3C2)c2cnccc12. The molecule has 3 nitrogen and oxygen atoms in total. The minimum absolute atomic E-state index is 0.808. The van der Waals surface area contributed by atoms with Crippen LogP contribution in [0.5, 0.6) is 0 Å². The molecule has 1 aliphatic heterocycles. The summed E-state index contributed by atoms with van der Waals surface area (Å²) >= 11 is 0. The van der Waals surface area contributed by atoms with E-state index in [0.29, 0.717) is 0 Å². The lowest BCUT2D eigenvalue weighted by molar-refractivity contribution is 0.885. The Kier molecular flexibility index (Phi) is 2.39. The summed E-state index contributed by atoms with van der Waals surface area (Å²) in [5.74, 6) is 0. The summed E-state index contributed by atoms with van der Waals surface area (Å²) in [5, 5.41) is 2.20. The first-order valence-electron chi connectivity index (χ1n) is 6.77. The largest absolute Gasteiger partial charge is 0.398 e. The van der Waals surface area contributed by atoms with E-state index in [4.69, 9.17) is 5.73 Å². The van der Waals surface area contributed by atoms with Crippen molar-refractivity contribution in [3.63, 3.8) is 0 Å². The highest BCUT2D eigenvalue weighted by atomic mass is 15.1. The zero-order chi connectivity index (χ0) is 13.5. The second-order valence-electron chi connectivity index (χ2n) is 5.22. The van der Waals surface area contributed by atoms with Gasteiger partial charge in [-0.05, 0) is 29.3 Å². The van der Waals surface area contributed by atoms with Gasteiger partial charge in [0.05, 0.1) is 0 Å². The molecule has 0 aliphatic carbocycles. The summed E-state index contributed by atoms with van der Waals surface area (Å²) in [5.41, 5.74) is 10.9. The van der Waals surface area contributed by atoms with Gasteiger partial charge in [-0.3, -0.25) is 4.98 Å². The molecule has 0 radical (unpaired) electrons. The standard InChI is InChI=1S/C17H15N3/c18-16-5-6-17(15-9-19-8-7-14(15)16)20-10-12-3-1-2-4-13(12)11-20/h1-9H,10-11,18H2. The van der Waals surface area contributed by atoms with Crippen LogP contribution in [0.15, 0.2) is 54.9 Å². The van der Waals surface area contributed by atoms with Gasteiger partial charge >= 0.3 is 0 Å². The monoisotopic (exact) mass is 261 g/mol. The summed E-state index contributed by atoms with van der Waals surface area (Å²) in [6, 6.07) is 14.7. The van der Waals surface area contributed by atoms with Crippen molar-refractivity contribution in [1.82, 2.24) is 4.98 Å². The molecule has 0 bridgehead atoms. The lowest BCUT2D eigenvalue weighted by Gasteiger charge is -2.20. The van der Waals surface area contributed by atoms with Crippen LogP contribution in [-0.2, 0) is 13.1 Å². The predicted octanol–water partition coefficient (Wildman–Crippen LogP) is 3.34. The molecule has 1 aromatic heterocycles. The average Bonchev–Trinajstić information content (AvgIpc) is 2.91. The van der Waals surface area contributed by atoms with E-state index in [2.05, 4.69) is 40.2 Å². The maximum absolute atomic E-state index is 6.06. The zero-order valence-electron chi connectivity index (χ0n) is 11.1. The summed E-state index contributed by atoms with van der Waals surface area (Å²) < 4.78 is 0. The number of fused-ring (bicyclic) bond motifs is 2. The van der Waals surface area contributed by atoms with Crippen molar-refractivity contribution in [3.8, 4) is 0 Å². The number of nitrogen functional groups attached to an aromatic ring is 1. The van der Waals surface area contributed by atoms with Crippen LogP contribution in [-0.4, -0.2) is 4.98 Å². The van der Waals surface area contributed by atoms with Crippen molar-refractivity contribution in [2.24, 2.45) is 0 Å². The third-order valence-corrected chi connectivity index (χ3v) is 4.01. The van der Waals surface area contributed by atoms with Gasteiger partial charge in [-0.1, -0.05) is 24.3 Å². The van der Waals surface area contributed by atoms with E-state index in [9.17, 15) is 0 Å². The summed E-state index contributed by atoms with van der Waals surface area (Å²) in [7, 11) is 0. The van der Waals surface area contributed by atoms with Crippen LogP contribution < -0.4 is 10.6 Å². The number of aromatic nitrogens is 1. The van der Waals surface area contributed by atoms with Gasteiger partial charge in [0.2, 0.25) is 0 Å². The van der Waals surface area contributed by atoms with Gasteiger partial charge in [-0.2, -0.15) is 0 Å². The van der Waals surface area contributed by atoms with Gasteiger partial charge in [0.1, 0.15) is 0 Å². The van der Waals surface area contributed by atoms with Crippen LogP contribution in [0.3, 0.4) is 0 Å². The molecule has 0 unspecified atom stereocenters. The van der Waals surface area contributed by atoms with Crippen molar-refractivity contribution in [3.05, 3.63) is 66.0 Å². The Morgan fingerprint density at radius 1 is 0.900 bits per heavy atom. The third-order valence-electron chi connectivity index (χ3n) is 4.01. The van der Waals surface area contributed by atoms with Gasteiger partial charge < -0.3 is 10.6 Å². The van der Waals surface area contributed by atoms with Crippen LogP contribution in [0.2, 0.25) is 0 Å². The molecule has 0 spiro atoms. The Labute approximate surface area is 117 Å². The Bertz CT molecular complexity index is 770. The fourth-order valence-electron chi connectivity index (χ4n) is 2.98. The average molecular weight is 261 g/mol. The first-order valence-corrected chi connectivity index (χ1v) is 6.77. The minimum Gasteiger partial charge on any atom is -0.398 e. The molecule has 0 saturated carbocycles. The van der Waals surface area contributed by atoms with E-state index >= 15 is 0 Å². The molecular weight excluding hydrogens is 246 g/mol. The molecule has 0 atom stereocenters. The van der Waals surface area contributed by atoms with E-state index in [-0.39, 0.29) is 0 Å². The van der Waals surface area contributed by atoms with Gasteiger partial charge in [0, 0.05) is 47.6 Å². The molecule has 0 fully saturated rings. The van der Waals surface area contributed by atoms with E-state index in [1.807, 2.05) is 18.3 Å². The molecule has 0 saturated heterocycles. The summed E-state index contributed by atoms with van der Waals surface area (Å²) in [6.45, 7) is 1.90. The first-order chi connectivity index (χ1) is 9.83. The lowest BCUT2D eigenvalue weighted by Crippen LogP contribution is -2.15. The maximum Gasteiger partial charge on any atom is 0.0469 e. The number of rotatable bonds is 1. The number of hydrogen-bond donors (Lipinski definition) is 1. The number of hydrogen-bond acceptors (Lipinski definition) is 3. The maximum atomic E-state index is 6.06. The predicted molar refractivity (Wildman–Crippen MR) is 82.5 cm³/mol. The Balaban J connectivity index is 1.83. The third kappa shape index (κ3) is 1.63. The number of nitrogens with two attached hydrogens (primary N) is 1. The molecule has 2 heterocycles. The van der Waals surface area contributed by atoms with Crippen molar-refractivity contribution >= 4 is 22.1 Å². The van der Waals surface area contributed by atoms with Gasteiger partial charge in [-0.15, -0.1) is 0 Å². The number of benzene rings is 2. The second kappa shape index (κ2) is 4.23. The molecule has 0 amide bonds. The smallest absolute Gasteiger partial charge is 0.0469 e. The van der Waals surface area contributed by atoms with Crippen molar-refractivity contribution < 1.29 is 0 Å². The molecule has 3 aromatic rings. The molecule has 3 heteroatoms. The van der Waals surface area contributed by atoms with E-state index in [1.165, 1.54) is 16.8 Å². The Hall–Kier alpha value is -2.55. The highest BCUT2D eigenvalue weighted by Gasteiger charge is 2.20. The fourth-order valence-corrected chi connectivity index (χ4v) is 2.98. The number of nitrogens with zero attached hydrogens (tertiary/aromatic N) is 2. The van der Waals surface area contributed by atoms with Crippen molar-refractivity contribution in [2.45, 2.75) is 13.1 Å². The van der Waals surface area contributed by atoms with E-state index in [0.717, 1.165) is 29.5 Å². The Morgan fingerprint density at radius 3 is 2.40 bits per heavy atom. The van der Waals surface area contributed by atoms with Crippen LogP contribution in [0.25, 0.3) is 10.8 Å². The molecule has 20 heavy (non-hydrogen) atoms. The van der Waals surface area contributed by atoms with Gasteiger partial charge in [0.15, 0.2) is 0 Å². The normalized spacial score (nSPS) is 13.7. The molecule has 2 N–H and O–H groups in total. The van der Waals surface area contributed by atoms with Crippen molar-refractivity contribution in [1.29, 1.82) is 0 Å². The summed E-state index contributed by atoms with van der Waals surface area (Å²) in [4.78, 5) is 6.64. The Morgan fingerprint density at radius 2 is 1.65 bits per heavy atom. The topological polar surface area (TPSA) is 42.1 Å². The second-order valence-corrected chi connectivity index (χ2v) is 5.22.